The van der Waals surface area contributed by atoms with Crippen LogP contribution in [0.5, 0.6) is 0 Å². The first-order valence-corrected chi connectivity index (χ1v) is 17.8. The zero-order valence-corrected chi connectivity index (χ0v) is 28.8. The van der Waals surface area contributed by atoms with Crippen LogP contribution in [0.15, 0.2) is 152 Å². The maximum Gasteiger partial charge on any atom is 0.164 e. The molecule has 0 atom stereocenters. The second kappa shape index (κ2) is 12.8. The van der Waals surface area contributed by atoms with Crippen molar-refractivity contribution in [3.8, 4) is 45.5 Å². The van der Waals surface area contributed by atoms with Crippen LogP contribution in [0.1, 0.15) is 31.5 Å². The third-order valence-corrected chi connectivity index (χ3v) is 9.91. The normalized spacial score (nSPS) is 11.6. The van der Waals surface area contributed by atoms with E-state index in [1.165, 1.54) is 49.7 Å². The minimum Gasteiger partial charge on any atom is -0.311 e. The van der Waals surface area contributed by atoms with Crippen LogP contribution in [0.2, 0.25) is 0 Å². The molecule has 0 aliphatic carbocycles. The van der Waals surface area contributed by atoms with Crippen molar-refractivity contribution in [1.82, 2.24) is 24.1 Å². The summed E-state index contributed by atoms with van der Waals surface area (Å²) in [4.78, 5) is 14.9. The lowest BCUT2D eigenvalue weighted by Crippen LogP contribution is -2.03. The average molecular weight is 660 g/mol. The lowest BCUT2D eigenvalue weighted by atomic mass is 10.0. The molecule has 0 aliphatic rings. The maximum absolute atomic E-state index is 4.98. The number of hydrogen-bond donors (Lipinski definition) is 0. The molecule has 3 heterocycles. The van der Waals surface area contributed by atoms with Crippen molar-refractivity contribution in [2.75, 3.05) is 0 Å². The fraction of sp³-hybridized carbons (Fsp3) is 0.109. The van der Waals surface area contributed by atoms with E-state index in [4.69, 9.17) is 15.0 Å². The molecule has 0 N–H and O–H groups in total. The molecule has 0 aliphatic heterocycles. The predicted octanol–water partition coefficient (Wildman–Crippen LogP) is 11.4. The monoisotopic (exact) mass is 659 g/mol. The summed E-state index contributed by atoms with van der Waals surface area (Å²) in [5, 5.41) is 3.82. The van der Waals surface area contributed by atoms with E-state index in [-0.39, 0.29) is 0 Å². The molecule has 0 saturated carbocycles. The number of aromatic nitrogens is 5. The van der Waals surface area contributed by atoms with Gasteiger partial charge in [0.2, 0.25) is 0 Å². The van der Waals surface area contributed by atoms with E-state index < -0.39 is 0 Å². The van der Waals surface area contributed by atoms with Crippen molar-refractivity contribution in [2.24, 2.45) is 0 Å². The number of hydrogen-bond acceptors (Lipinski definition) is 3. The smallest absolute Gasteiger partial charge is 0.164 e. The van der Waals surface area contributed by atoms with E-state index >= 15 is 0 Å². The van der Waals surface area contributed by atoms with Crippen molar-refractivity contribution < 1.29 is 0 Å². The van der Waals surface area contributed by atoms with E-state index in [1.807, 2.05) is 60.7 Å². The van der Waals surface area contributed by atoms with Gasteiger partial charge < -0.3 is 9.13 Å². The average Bonchev–Trinajstić information content (AvgIpc) is 3.71. The maximum atomic E-state index is 4.98. The van der Waals surface area contributed by atoms with Gasteiger partial charge in [0, 0.05) is 49.9 Å². The molecule has 5 nitrogen and oxygen atoms in total. The van der Waals surface area contributed by atoms with Crippen LogP contribution in [0, 0.1) is 0 Å². The summed E-state index contributed by atoms with van der Waals surface area (Å²) >= 11 is 0. The van der Waals surface area contributed by atoms with Crippen LogP contribution in [0.25, 0.3) is 78.2 Å². The Morgan fingerprint density at radius 1 is 0.431 bits per heavy atom. The van der Waals surface area contributed by atoms with Crippen LogP contribution in [-0.2, 0) is 12.8 Å². The SMILES string of the molecule is CCCc1c(CC)c2ccc3c4ccccc4n(-c4ccc(-c5nc(-c6ccccc6)nc(-c6ccccc6)n5)cc4)c3c2n1-c1ccccc1. The Morgan fingerprint density at radius 3 is 1.51 bits per heavy atom. The van der Waals surface area contributed by atoms with Crippen molar-refractivity contribution in [3.05, 3.63) is 163 Å². The Morgan fingerprint density at radius 2 is 0.922 bits per heavy atom. The second-order valence-electron chi connectivity index (χ2n) is 13.0. The first-order chi connectivity index (χ1) is 25.2. The highest BCUT2D eigenvalue weighted by molar-refractivity contribution is 6.19. The molecule has 9 aromatic rings. The Bertz CT molecular complexity index is 2600. The zero-order valence-electron chi connectivity index (χ0n) is 28.8. The fourth-order valence-electron chi connectivity index (χ4n) is 7.66. The molecule has 0 saturated heterocycles. The van der Waals surface area contributed by atoms with Crippen LogP contribution >= 0.6 is 0 Å². The molecule has 246 valence electrons. The molecule has 5 heteroatoms. The number of fused-ring (bicyclic) bond motifs is 5. The Kier molecular flexibility index (Phi) is 7.74. The van der Waals surface area contributed by atoms with E-state index in [9.17, 15) is 0 Å². The minimum absolute atomic E-state index is 0.647. The first-order valence-electron chi connectivity index (χ1n) is 17.8. The van der Waals surface area contributed by atoms with Gasteiger partial charge in [0.05, 0.1) is 16.6 Å². The molecule has 51 heavy (non-hydrogen) atoms. The van der Waals surface area contributed by atoms with Gasteiger partial charge in [0.15, 0.2) is 17.5 Å². The van der Waals surface area contributed by atoms with Gasteiger partial charge in [0.25, 0.3) is 0 Å². The third-order valence-electron chi connectivity index (χ3n) is 9.91. The Balaban J connectivity index is 1.28. The predicted molar refractivity (Wildman–Crippen MR) is 211 cm³/mol. The Labute approximate surface area is 297 Å². The summed E-state index contributed by atoms with van der Waals surface area (Å²) in [7, 11) is 0. The molecule has 0 radical (unpaired) electrons. The topological polar surface area (TPSA) is 48.5 Å². The van der Waals surface area contributed by atoms with Crippen LogP contribution < -0.4 is 0 Å². The minimum atomic E-state index is 0.647. The summed E-state index contributed by atoms with van der Waals surface area (Å²) in [6.07, 6.45) is 3.08. The molecule has 0 bridgehead atoms. The van der Waals surface area contributed by atoms with Crippen molar-refractivity contribution in [1.29, 1.82) is 0 Å². The standard InChI is InChI=1S/C46H37N5/c1-3-16-40-36(4-2)38-29-30-39-37-23-14-15-24-41(37)51(43(39)42(38)50(40)34-21-12-7-13-22-34)35-27-25-33(26-28-35)46-48-44(31-17-8-5-9-18-31)47-45(49-46)32-19-10-6-11-20-32/h5-15,17-30H,3-4,16H2,1-2H3. The summed E-state index contributed by atoms with van der Waals surface area (Å²) in [6, 6.07) is 53.3. The summed E-state index contributed by atoms with van der Waals surface area (Å²) in [5.41, 5.74) is 11.6. The number of aryl methyl sites for hydroxylation is 1. The molecule has 0 unspecified atom stereocenters. The van der Waals surface area contributed by atoms with Gasteiger partial charge in [-0.3, -0.25) is 0 Å². The number of para-hydroxylation sites is 2. The van der Waals surface area contributed by atoms with Gasteiger partial charge in [-0.05, 0) is 60.9 Å². The molecule has 0 fully saturated rings. The van der Waals surface area contributed by atoms with Crippen molar-refractivity contribution in [3.63, 3.8) is 0 Å². The quantitative estimate of drug-likeness (QED) is 0.163. The molecular weight excluding hydrogens is 623 g/mol. The lowest BCUT2D eigenvalue weighted by molar-refractivity contribution is 0.836. The van der Waals surface area contributed by atoms with Gasteiger partial charge in [-0.15, -0.1) is 0 Å². The highest BCUT2D eigenvalue weighted by Gasteiger charge is 2.23. The number of rotatable bonds is 8. The molecule has 0 spiro atoms. The Hall–Kier alpha value is -6.33. The summed E-state index contributed by atoms with van der Waals surface area (Å²) < 4.78 is 4.98. The van der Waals surface area contributed by atoms with Crippen LogP contribution in [0.3, 0.4) is 0 Å². The van der Waals surface area contributed by atoms with Crippen LogP contribution in [-0.4, -0.2) is 24.1 Å². The van der Waals surface area contributed by atoms with Gasteiger partial charge in [-0.25, -0.2) is 15.0 Å². The zero-order chi connectivity index (χ0) is 34.3. The van der Waals surface area contributed by atoms with Crippen molar-refractivity contribution >= 4 is 32.7 Å². The van der Waals surface area contributed by atoms with E-state index in [2.05, 4.69) is 114 Å². The first kappa shape index (κ1) is 30.7. The molecule has 0 amide bonds. The third kappa shape index (κ3) is 5.21. The summed E-state index contributed by atoms with van der Waals surface area (Å²) in [5.74, 6) is 1.96. The van der Waals surface area contributed by atoms with Gasteiger partial charge in [-0.1, -0.05) is 129 Å². The molecule has 6 aromatic carbocycles. The highest BCUT2D eigenvalue weighted by atomic mass is 15.1. The van der Waals surface area contributed by atoms with E-state index in [0.29, 0.717) is 17.5 Å². The van der Waals surface area contributed by atoms with E-state index in [1.54, 1.807) is 0 Å². The van der Waals surface area contributed by atoms with Gasteiger partial charge in [-0.2, -0.15) is 0 Å². The largest absolute Gasteiger partial charge is 0.311 e. The van der Waals surface area contributed by atoms with Crippen molar-refractivity contribution in [2.45, 2.75) is 33.1 Å². The van der Waals surface area contributed by atoms with Gasteiger partial charge >= 0.3 is 0 Å². The van der Waals surface area contributed by atoms with Gasteiger partial charge in [0.1, 0.15) is 0 Å². The summed E-state index contributed by atoms with van der Waals surface area (Å²) in [6.45, 7) is 4.56. The molecule has 3 aromatic heterocycles. The fourth-order valence-corrected chi connectivity index (χ4v) is 7.66. The van der Waals surface area contributed by atoms with E-state index in [0.717, 1.165) is 41.6 Å². The lowest BCUT2D eigenvalue weighted by Gasteiger charge is -2.14. The van der Waals surface area contributed by atoms with Crippen LogP contribution in [0.4, 0.5) is 0 Å². The number of benzene rings is 6. The highest BCUT2D eigenvalue weighted by Crippen LogP contribution is 2.41. The molecular formula is C46H37N5. The number of nitrogens with zero attached hydrogens (tertiary/aromatic N) is 5. The second-order valence-corrected chi connectivity index (χ2v) is 13.0. The molecule has 9 rings (SSSR count).